The number of carbonyl (C=O) groups is 3. The Balaban J connectivity index is 0.000000237. The molecule has 4 aromatic carbocycles. The summed E-state index contributed by atoms with van der Waals surface area (Å²) in [5.41, 5.74) is 11.4. The summed E-state index contributed by atoms with van der Waals surface area (Å²) in [6, 6.07) is 30.1. The molecule has 10 nitrogen and oxygen atoms in total. The number of nitrogens with zero attached hydrogens (tertiary/aromatic N) is 3. The van der Waals surface area contributed by atoms with Crippen molar-refractivity contribution in [1.82, 2.24) is 10.2 Å². The minimum absolute atomic E-state index is 0.0375. The Kier molecular flexibility index (Phi) is 16.4. The van der Waals surface area contributed by atoms with Gasteiger partial charge in [-0.2, -0.15) is 0 Å². The first kappa shape index (κ1) is 46.2. The number of nitrogens with one attached hydrogen (secondary N) is 1. The van der Waals surface area contributed by atoms with Gasteiger partial charge in [0.15, 0.2) is 0 Å². The molecule has 0 saturated heterocycles. The number of anilines is 2. The Labute approximate surface area is 363 Å². The van der Waals surface area contributed by atoms with Crippen LogP contribution in [0.5, 0.6) is 0 Å². The molecule has 2 atom stereocenters. The molecular formula is C51H64N4O6. The van der Waals surface area contributed by atoms with Gasteiger partial charge in [-0.1, -0.05) is 60.7 Å². The molecule has 0 heterocycles. The minimum atomic E-state index is -0.563. The van der Waals surface area contributed by atoms with Gasteiger partial charge in [0.25, 0.3) is 0 Å². The highest BCUT2D eigenvalue weighted by Gasteiger charge is 2.33. The molecule has 6 rings (SSSR count). The van der Waals surface area contributed by atoms with Gasteiger partial charge in [-0.05, 0) is 147 Å². The van der Waals surface area contributed by atoms with Crippen LogP contribution in [-0.2, 0) is 49.5 Å². The fourth-order valence-electron chi connectivity index (χ4n) is 7.72. The van der Waals surface area contributed by atoms with Crippen LogP contribution in [0.2, 0.25) is 0 Å². The molecule has 1 N–H and O–H groups in total. The molecule has 0 saturated carbocycles. The highest BCUT2D eigenvalue weighted by Crippen LogP contribution is 2.38. The van der Waals surface area contributed by atoms with Crippen molar-refractivity contribution in [3.8, 4) is 0 Å². The summed E-state index contributed by atoms with van der Waals surface area (Å²) in [5.74, 6) is -0.707. The molecule has 2 unspecified atom stereocenters. The normalized spacial score (nSPS) is 15.4. The van der Waals surface area contributed by atoms with Crippen LogP contribution in [-0.4, -0.2) is 84.0 Å². The summed E-state index contributed by atoms with van der Waals surface area (Å²) in [6.45, 7) is 7.22. The highest BCUT2D eigenvalue weighted by atomic mass is 16.6. The van der Waals surface area contributed by atoms with E-state index in [9.17, 15) is 14.4 Å². The van der Waals surface area contributed by atoms with Crippen molar-refractivity contribution in [2.24, 2.45) is 0 Å². The average Bonchev–Trinajstić information content (AvgIpc) is 3.85. The molecule has 0 fully saturated rings. The zero-order valence-electron chi connectivity index (χ0n) is 37.5. The summed E-state index contributed by atoms with van der Waals surface area (Å²) < 4.78 is 15.1. The fourth-order valence-corrected chi connectivity index (χ4v) is 7.72. The molecule has 2 aliphatic rings. The molecule has 61 heavy (non-hydrogen) atoms. The number of aryl methyl sites for hydroxylation is 2. The van der Waals surface area contributed by atoms with E-state index in [1.54, 1.807) is 6.08 Å². The van der Waals surface area contributed by atoms with Gasteiger partial charge in [0.2, 0.25) is 0 Å². The SMILES string of the molecule is COC(=O)/C=C/c1ccc2c(c1)CCC2N(CCc1ccc(N(C)C)cc1)C(=O)OC(C)(C)C.COC(=O)/C=C/c1ccc2c(c1)CCC2NCCc1ccc(N(C)C)cc1. The van der Waals surface area contributed by atoms with Crippen LogP contribution in [0, 0.1) is 0 Å². The number of hydrogen-bond acceptors (Lipinski definition) is 9. The van der Waals surface area contributed by atoms with Crippen molar-refractivity contribution in [3.63, 3.8) is 0 Å². The Morgan fingerprint density at radius 1 is 0.672 bits per heavy atom. The number of esters is 2. The van der Waals surface area contributed by atoms with Gasteiger partial charge in [0, 0.05) is 64.3 Å². The predicted molar refractivity (Wildman–Crippen MR) is 247 cm³/mol. The lowest BCUT2D eigenvalue weighted by Gasteiger charge is -2.32. The first-order valence-electron chi connectivity index (χ1n) is 21.2. The van der Waals surface area contributed by atoms with Gasteiger partial charge in [-0.3, -0.25) is 0 Å². The summed E-state index contributed by atoms with van der Waals surface area (Å²) in [6.07, 6.45) is 11.9. The minimum Gasteiger partial charge on any atom is -0.466 e. The van der Waals surface area contributed by atoms with E-state index >= 15 is 0 Å². The van der Waals surface area contributed by atoms with Gasteiger partial charge in [-0.25, -0.2) is 14.4 Å². The van der Waals surface area contributed by atoms with E-state index in [4.69, 9.17) is 4.74 Å². The molecular weight excluding hydrogens is 765 g/mol. The van der Waals surface area contributed by atoms with E-state index in [0.29, 0.717) is 12.6 Å². The van der Waals surface area contributed by atoms with Crippen LogP contribution in [0.1, 0.15) is 90.2 Å². The number of methoxy groups -OCH3 is 2. The number of carbonyl (C=O) groups excluding carboxylic acids is 3. The molecule has 0 aromatic heterocycles. The summed E-state index contributed by atoms with van der Waals surface area (Å²) in [5, 5.41) is 3.70. The molecule has 0 spiro atoms. The number of hydrogen-bond donors (Lipinski definition) is 1. The molecule has 2 aliphatic carbocycles. The van der Waals surface area contributed by atoms with E-state index in [1.165, 1.54) is 59.9 Å². The van der Waals surface area contributed by atoms with Gasteiger partial charge in [-0.15, -0.1) is 0 Å². The second-order valence-electron chi connectivity index (χ2n) is 17.0. The van der Waals surface area contributed by atoms with Crippen LogP contribution < -0.4 is 15.1 Å². The maximum Gasteiger partial charge on any atom is 0.410 e. The topological polar surface area (TPSA) is 101 Å². The van der Waals surface area contributed by atoms with E-state index in [0.717, 1.165) is 67.4 Å². The highest BCUT2D eigenvalue weighted by molar-refractivity contribution is 5.87. The Morgan fingerprint density at radius 3 is 1.67 bits per heavy atom. The lowest BCUT2D eigenvalue weighted by atomic mass is 10.0. The van der Waals surface area contributed by atoms with Crippen LogP contribution in [0.25, 0.3) is 12.2 Å². The summed E-state index contributed by atoms with van der Waals surface area (Å²) in [7, 11) is 10.9. The molecule has 0 aliphatic heterocycles. The van der Waals surface area contributed by atoms with Crippen LogP contribution in [0.3, 0.4) is 0 Å². The summed E-state index contributed by atoms with van der Waals surface area (Å²) >= 11 is 0. The quantitative estimate of drug-likeness (QED) is 0.0758. The third-order valence-corrected chi connectivity index (χ3v) is 11.0. The third kappa shape index (κ3) is 13.6. The van der Waals surface area contributed by atoms with E-state index < -0.39 is 5.60 Å². The number of ether oxygens (including phenoxy) is 3. The second-order valence-corrected chi connectivity index (χ2v) is 17.0. The van der Waals surface area contributed by atoms with Crippen LogP contribution in [0.15, 0.2) is 97.1 Å². The number of fused-ring (bicyclic) bond motifs is 2. The standard InChI is InChI=1S/C28H36N2O4.C23H28N2O2/c1-28(2,3)34-27(32)30(18-17-20-7-12-23(13-8-20)29(4)5)25-15-11-22-19-21(9-14-24(22)25)10-16-26(31)33-6;1-25(2)20-9-4-17(5-10-20)14-15-24-22-12-8-19-16-18(6-11-21(19)22)7-13-23(26)27-3/h7-10,12-14,16,19,25H,11,15,17-18H2,1-6H3;4-7,9-11,13,16,22,24H,8,12,14-15H2,1-3H3/b16-10+;13-7+. The molecule has 0 bridgehead atoms. The largest absolute Gasteiger partial charge is 0.466 e. The number of rotatable bonds is 14. The first-order chi connectivity index (χ1) is 29.1. The average molecular weight is 829 g/mol. The Hall–Kier alpha value is -5.87. The smallest absolute Gasteiger partial charge is 0.410 e. The second kappa shape index (κ2) is 21.6. The van der Waals surface area contributed by atoms with Crippen molar-refractivity contribution >= 4 is 41.6 Å². The van der Waals surface area contributed by atoms with Crippen molar-refractivity contribution in [2.75, 3.05) is 65.3 Å². The third-order valence-electron chi connectivity index (χ3n) is 11.0. The maximum absolute atomic E-state index is 13.2. The fraction of sp³-hybridized carbons (Fsp3) is 0.392. The molecule has 10 heteroatoms. The van der Waals surface area contributed by atoms with Crippen molar-refractivity contribution < 1.29 is 28.6 Å². The zero-order chi connectivity index (χ0) is 44.1. The van der Waals surface area contributed by atoms with Crippen LogP contribution in [0.4, 0.5) is 16.2 Å². The Bertz CT molecular complexity index is 2150. The molecule has 0 radical (unpaired) electrons. The van der Waals surface area contributed by atoms with Crippen molar-refractivity contribution in [3.05, 3.63) is 142 Å². The number of benzene rings is 4. The molecule has 324 valence electrons. The van der Waals surface area contributed by atoms with E-state index in [2.05, 4.69) is 118 Å². The number of amides is 1. The van der Waals surface area contributed by atoms with E-state index in [1.807, 2.05) is 51.9 Å². The monoisotopic (exact) mass is 828 g/mol. The Morgan fingerprint density at radius 2 is 1.16 bits per heavy atom. The zero-order valence-corrected chi connectivity index (χ0v) is 37.5. The summed E-state index contributed by atoms with van der Waals surface area (Å²) in [4.78, 5) is 42.0. The maximum atomic E-state index is 13.2. The lowest BCUT2D eigenvalue weighted by molar-refractivity contribution is -0.135. The predicted octanol–water partition coefficient (Wildman–Crippen LogP) is 9.16. The van der Waals surface area contributed by atoms with Gasteiger partial charge < -0.3 is 34.2 Å². The molecule has 1 amide bonds. The van der Waals surface area contributed by atoms with Gasteiger partial charge in [0.1, 0.15) is 5.60 Å². The van der Waals surface area contributed by atoms with Crippen molar-refractivity contribution in [2.45, 2.75) is 77.0 Å². The lowest BCUT2D eigenvalue weighted by Crippen LogP contribution is -2.40. The van der Waals surface area contributed by atoms with Gasteiger partial charge in [0.05, 0.1) is 20.3 Å². The van der Waals surface area contributed by atoms with E-state index in [-0.39, 0.29) is 24.1 Å². The van der Waals surface area contributed by atoms with Crippen LogP contribution >= 0.6 is 0 Å². The first-order valence-corrected chi connectivity index (χ1v) is 21.2. The van der Waals surface area contributed by atoms with Crippen molar-refractivity contribution in [1.29, 1.82) is 0 Å². The molecule has 4 aromatic rings. The van der Waals surface area contributed by atoms with Gasteiger partial charge >= 0.3 is 18.0 Å².